The fraction of sp³-hybridized carbons (Fsp3) is 0. The number of aromatic nitrogens is 6. The number of benzene rings is 12. The van der Waals surface area contributed by atoms with Crippen molar-refractivity contribution in [3.05, 3.63) is 395 Å². The van der Waals surface area contributed by atoms with Crippen molar-refractivity contribution in [3.8, 4) is 168 Å². The van der Waals surface area contributed by atoms with Crippen molar-refractivity contribution in [2.45, 2.75) is 0 Å². The van der Waals surface area contributed by atoms with Gasteiger partial charge in [0.15, 0.2) is 0 Å². The van der Waals surface area contributed by atoms with Gasteiger partial charge in [0, 0.05) is 44.9 Å². The van der Waals surface area contributed by atoms with Gasteiger partial charge in [-0.1, -0.05) is 269 Å². The first kappa shape index (κ1) is 74.4. The van der Waals surface area contributed by atoms with Gasteiger partial charge in [-0.2, -0.15) is 0 Å². The fourth-order valence-corrected chi connectivity index (χ4v) is 14.5. The predicted octanol–water partition coefficient (Wildman–Crippen LogP) is 26.4. The molecule has 5 heterocycles. The van der Waals surface area contributed by atoms with E-state index in [-0.39, 0.29) is 40.2 Å². The van der Waals surface area contributed by atoms with Gasteiger partial charge in [0.2, 0.25) is 0 Å². The molecular weight excluding hydrogens is 1940 g/mol. The van der Waals surface area contributed by atoms with Crippen molar-refractivity contribution in [2.75, 3.05) is 0 Å². The molecule has 17 rings (SSSR count). The van der Waals surface area contributed by atoms with E-state index >= 15 is 0 Å². The summed E-state index contributed by atoms with van der Waals surface area (Å²) in [6.07, 6.45) is 11.5. The number of halogens is 4. The van der Waals surface area contributed by atoms with E-state index < -0.39 is 0 Å². The molecule has 0 aliphatic carbocycles. The Hall–Kier alpha value is -10.5. The molecule has 108 heavy (non-hydrogen) atoms. The predicted molar refractivity (Wildman–Crippen MR) is 444 cm³/mol. The second-order valence-corrected chi connectivity index (χ2v) is 28.6. The van der Waals surface area contributed by atoms with E-state index in [0.717, 1.165) is 180 Å². The molecule has 0 fully saturated rings. The van der Waals surface area contributed by atoms with Crippen LogP contribution < -0.4 is 0 Å². The van der Waals surface area contributed by atoms with Crippen LogP contribution in [-0.4, -0.2) is 29.9 Å². The van der Waals surface area contributed by atoms with Gasteiger partial charge in [-0.25, -0.2) is 18.2 Å². The van der Waals surface area contributed by atoms with Crippen LogP contribution in [0.15, 0.2) is 352 Å². The molecule has 0 saturated heterocycles. The maximum Gasteiger partial charge on any atom is 3.00 e. The molecule has 0 bridgehead atoms. The summed E-state index contributed by atoms with van der Waals surface area (Å²) in [5, 5.41) is 0. The van der Waals surface area contributed by atoms with Crippen LogP contribution in [-0.2, 0) is 40.2 Å². The van der Waals surface area contributed by atoms with Crippen molar-refractivity contribution in [1.82, 2.24) is 29.9 Å². The van der Waals surface area contributed by atoms with Gasteiger partial charge in [-0.05, 0) is 142 Å². The SMILES string of the molecule is Brc1cc[c-]c(-c2ccc(-c3ccccc3-c3cc(-c4ccc[c-]c4-c4cnc(-c5[c-]ccc[c-]5)nc4)cc(-c4ccccc4-c4ccc(-c5[c-]ccc(Br)c5)nc4)c3)cn2)c1.Brc1cc[c-]c(-c2ccc(-c3ccccc3-c3cccc(-c4ccccc4-c4ccc(-c5[c-]ccc(Br)c5)nc4)c3)cn2)c1.[Ir+3].[Ir]. The molecule has 0 aliphatic rings. The summed E-state index contributed by atoms with van der Waals surface area (Å²) in [6.45, 7) is 0. The first-order valence-corrected chi connectivity index (χ1v) is 37.2. The Balaban J connectivity index is 0.000000188. The molecule has 12 heteroatoms. The number of hydrogen-bond donors (Lipinski definition) is 0. The van der Waals surface area contributed by atoms with Gasteiger partial charge in [0.25, 0.3) is 0 Å². The number of nitrogens with zero attached hydrogens (tertiary/aromatic N) is 6. The van der Waals surface area contributed by atoms with Gasteiger partial charge in [-0.15, -0.1) is 155 Å². The average Bonchev–Trinajstić information content (AvgIpc) is 0.789. The Morgan fingerprint density at radius 2 is 0.500 bits per heavy atom. The Morgan fingerprint density at radius 3 is 0.824 bits per heavy atom. The third-order valence-corrected chi connectivity index (χ3v) is 20.2. The van der Waals surface area contributed by atoms with Crippen molar-refractivity contribution in [2.24, 2.45) is 0 Å². The van der Waals surface area contributed by atoms with Crippen molar-refractivity contribution in [3.63, 3.8) is 0 Å². The van der Waals surface area contributed by atoms with Crippen LogP contribution in [0.4, 0.5) is 0 Å². The summed E-state index contributed by atoms with van der Waals surface area (Å²) >= 11 is 14.3. The van der Waals surface area contributed by atoms with E-state index in [1.165, 1.54) is 0 Å². The molecule has 5 aromatic heterocycles. The van der Waals surface area contributed by atoms with E-state index in [0.29, 0.717) is 5.82 Å². The third kappa shape index (κ3) is 16.9. The maximum absolute atomic E-state index is 4.89. The topological polar surface area (TPSA) is 77.3 Å². The number of rotatable bonds is 15. The maximum atomic E-state index is 4.89. The number of hydrogen-bond acceptors (Lipinski definition) is 6. The van der Waals surface area contributed by atoms with E-state index in [9.17, 15) is 0 Å². The quantitative estimate of drug-likeness (QED) is 0.0952. The molecule has 0 unspecified atom stereocenters. The molecule has 6 nitrogen and oxygen atoms in total. The first-order valence-electron chi connectivity index (χ1n) is 34.1. The zero-order chi connectivity index (χ0) is 71.7. The van der Waals surface area contributed by atoms with Crippen LogP contribution in [0.5, 0.6) is 0 Å². The minimum absolute atomic E-state index is 0. The minimum Gasteiger partial charge on any atom is -0.343 e. The normalized spacial score (nSPS) is 10.8. The minimum atomic E-state index is 0. The van der Waals surface area contributed by atoms with E-state index in [4.69, 9.17) is 29.9 Å². The second-order valence-electron chi connectivity index (χ2n) is 24.9. The summed E-state index contributed by atoms with van der Waals surface area (Å²) in [4.78, 5) is 28.8. The Morgan fingerprint density at radius 1 is 0.213 bits per heavy atom. The van der Waals surface area contributed by atoms with Crippen LogP contribution in [0.25, 0.3) is 168 Å². The Kier molecular flexibility index (Phi) is 23.8. The van der Waals surface area contributed by atoms with Gasteiger partial charge in [-0.3, -0.25) is 17.7 Å². The Bertz CT molecular complexity index is 5710. The van der Waals surface area contributed by atoms with Gasteiger partial charge < -0.3 is 29.9 Å². The summed E-state index contributed by atoms with van der Waals surface area (Å²) in [5.41, 5.74) is 29.3. The van der Waals surface area contributed by atoms with Crippen LogP contribution >= 0.6 is 63.7 Å². The summed E-state index contributed by atoms with van der Waals surface area (Å²) < 4.78 is 3.99. The summed E-state index contributed by atoms with van der Waals surface area (Å²) in [7, 11) is 0. The molecule has 17 aromatic rings. The van der Waals surface area contributed by atoms with Gasteiger partial charge >= 0.3 is 20.1 Å². The van der Waals surface area contributed by atoms with Crippen LogP contribution in [0.1, 0.15) is 0 Å². The summed E-state index contributed by atoms with van der Waals surface area (Å²) in [5.74, 6) is 0.568. The molecule has 0 amide bonds. The second kappa shape index (κ2) is 34.6. The monoisotopic (exact) mass is 1990 g/mol. The van der Waals surface area contributed by atoms with E-state index in [1.807, 2.05) is 140 Å². The van der Waals surface area contributed by atoms with E-state index in [1.54, 1.807) is 0 Å². The molecule has 0 spiro atoms. The zero-order valence-corrected chi connectivity index (χ0v) is 68.3. The molecule has 0 atom stereocenters. The van der Waals surface area contributed by atoms with Gasteiger partial charge in [0.1, 0.15) is 0 Å². The van der Waals surface area contributed by atoms with Crippen LogP contribution in [0.2, 0.25) is 0 Å². The van der Waals surface area contributed by atoms with Crippen molar-refractivity contribution < 1.29 is 40.2 Å². The molecule has 12 aromatic carbocycles. The number of pyridine rings is 4. The van der Waals surface area contributed by atoms with Crippen LogP contribution in [0.3, 0.4) is 0 Å². The summed E-state index contributed by atoms with van der Waals surface area (Å²) in [6, 6.07) is 125. The zero-order valence-electron chi connectivity index (χ0n) is 57.1. The van der Waals surface area contributed by atoms with Crippen molar-refractivity contribution >= 4 is 63.7 Å². The van der Waals surface area contributed by atoms with E-state index in [2.05, 4.69) is 300 Å². The smallest absolute Gasteiger partial charge is 0.343 e. The first-order chi connectivity index (χ1) is 52.2. The standard InChI is InChI=1S/C56H31Br2N4.C40H24Br2N2.2Ir/c57-46-16-10-14-38(31-46)54-26-24-40(33-59-54)48-18-4-6-20-50(48)42-28-43(51-21-7-5-19-49(51)41-25-27-55(60-34-41)39-15-11-17-47(58)32-39)30-44(29-42)52-22-8-9-23-53(52)45-35-61-56(62-36-45)37-12-2-1-3-13-37;41-33-12-6-10-29(23-33)39-20-18-31(25-43-39)37-16-3-1-14-35(37)27-8-5-9-28(22-27)36-15-2-4-17-38(36)32-19-21-40(44-26-32)30-11-7-13-34(42)24-30;;/h1-11,16-22,24-36H;1-9,12-26H;;/q-5;-2;;+3. The molecule has 0 aliphatic heterocycles. The largest absolute Gasteiger partial charge is 3.00 e. The third-order valence-electron chi connectivity index (χ3n) is 18.2. The molecular formula is C96H55Br4Ir2N6-4. The molecule has 519 valence electrons. The molecule has 0 saturated carbocycles. The van der Waals surface area contributed by atoms with Gasteiger partial charge in [0.05, 0.1) is 0 Å². The van der Waals surface area contributed by atoms with Crippen molar-refractivity contribution in [1.29, 1.82) is 0 Å². The molecule has 0 N–H and O–H groups in total. The van der Waals surface area contributed by atoms with Crippen LogP contribution in [0, 0.1) is 42.5 Å². The Labute approximate surface area is 689 Å². The average molecular weight is 2000 g/mol. The molecule has 1 radical (unpaired) electrons. The fourth-order valence-electron chi connectivity index (χ4n) is 13.1.